The number of benzene rings is 2. The number of hydrogen-bond acceptors (Lipinski definition) is 2. The van der Waals surface area contributed by atoms with Gasteiger partial charge in [-0.25, -0.2) is 5.43 Å². The van der Waals surface area contributed by atoms with Gasteiger partial charge < -0.3 is 0 Å². The third-order valence-electron chi connectivity index (χ3n) is 4.21. The molecule has 2 rings (SSSR count). The van der Waals surface area contributed by atoms with Crippen LogP contribution in [-0.4, -0.2) is 7.05 Å². The maximum Gasteiger partial charge on any atom is 0.0577 e. The summed E-state index contributed by atoms with van der Waals surface area (Å²) in [5.74, 6) is 0. The van der Waals surface area contributed by atoms with Crippen LogP contribution in [0.25, 0.3) is 0 Å². The van der Waals surface area contributed by atoms with E-state index in [-0.39, 0.29) is 10.8 Å². The molecular formula is C21H30N2. The van der Waals surface area contributed by atoms with Crippen molar-refractivity contribution in [2.24, 2.45) is 0 Å². The van der Waals surface area contributed by atoms with Crippen molar-refractivity contribution in [2.75, 3.05) is 12.1 Å². The first kappa shape index (κ1) is 17.6. The summed E-state index contributed by atoms with van der Waals surface area (Å²) in [5.41, 5.74) is 8.62. The first-order valence-corrected chi connectivity index (χ1v) is 8.31. The zero-order valence-corrected chi connectivity index (χ0v) is 15.6. The molecular weight excluding hydrogens is 280 g/mol. The number of anilines is 2. The Hall–Kier alpha value is -1.80. The molecule has 0 bridgehead atoms. The molecule has 0 aliphatic rings. The number of hydrogen-bond donors (Lipinski definition) is 1. The summed E-state index contributed by atoms with van der Waals surface area (Å²) < 4.78 is 0. The number of nitrogens with zero attached hydrogens (tertiary/aromatic N) is 1. The topological polar surface area (TPSA) is 15.3 Å². The zero-order chi connectivity index (χ0) is 17.3. The highest BCUT2D eigenvalue weighted by molar-refractivity contribution is 5.62. The van der Waals surface area contributed by atoms with Crippen LogP contribution in [0.15, 0.2) is 48.5 Å². The molecule has 23 heavy (non-hydrogen) atoms. The van der Waals surface area contributed by atoms with Gasteiger partial charge in [-0.15, -0.1) is 0 Å². The van der Waals surface area contributed by atoms with E-state index < -0.39 is 0 Å². The van der Waals surface area contributed by atoms with E-state index in [0.717, 1.165) is 11.4 Å². The van der Waals surface area contributed by atoms with Crippen LogP contribution >= 0.6 is 0 Å². The maximum atomic E-state index is 3.28. The van der Waals surface area contributed by atoms with Gasteiger partial charge in [0.15, 0.2) is 0 Å². The number of hydrazine groups is 1. The lowest BCUT2D eigenvalue weighted by atomic mass is 9.87. The average Bonchev–Trinajstić information content (AvgIpc) is 2.47. The first-order chi connectivity index (χ1) is 10.6. The van der Waals surface area contributed by atoms with Crippen molar-refractivity contribution in [2.45, 2.75) is 52.4 Å². The fraction of sp³-hybridized carbons (Fsp3) is 0.429. The lowest BCUT2D eigenvalue weighted by Gasteiger charge is -2.26. The second kappa shape index (κ2) is 6.37. The van der Waals surface area contributed by atoms with Gasteiger partial charge in [-0.1, -0.05) is 65.8 Å². The Morgan fingerprint density at radius 3 is 1.13 bits per heavy atom. The number of rotatable bonds is 3. The van der Waals surface area contributed by atoms with Gasteiger partial charge in [0.2, 0.25) is 0 Å². The van der Waals surface area contributed by atoms with Gasteiger partial charge >= 0.3 is 0 Å². The summed E-state index contributed by atoms with van der Waals surface area (Å²) in [6.07, 6.45) is 0. The maximum absolute atomic E-state index is 3.28. The Morgan fingerprint density at radius 2 is 0.913 bits per heavy atom. The lowest BCUT2D eigenvalue weighted by molar-refractivity contribution is 0.590. The molecule has 0 aromatic heterocycles. The molecule has 0 aliphatic heterocycles. The van der Waals surface area contributed by atoms with Gasteiger partial charge in [0.05, 0.1) is 11.4 Å². The molecule has 0 radical (unpaired) electrons. The molecule has 0 saturated heterocycles. The quantitative estimate of drug-likeness (QED) is 0.747. The van der Waals surface area contributed by atoms with Crippen LogP contribution in [0, 0.1) is 0 Å². The third-order valence-corrected chi connectivity index (χ3v) is 4.21. The Morgan fingerprint density at radius 1 is 0.609 bits per heavy atom. The standard InChI is InChI=1S/C21H30N2/c1-20(2,3)16-8-12-18(13-9-16)23(22-7)19-14-10-17(11-15-19)21(4,5)6/h8-15,22H,1-7H3. The molecule has 0 spiro atoms. The highest BCUT2D eigenvalue weighted by atomic mass is 15.5. The Kier molecular flexibility index (Phi) is 4.86. The molecule has 0 fully saturated rings. The highest BCUT2D eigenvalue weighted by Gasteiger charge is 2.16. The van der Waals surface area contributed by atoms with E-state index >= 15 is 0 Å². The SMILES string of the molecule is CNN(c1ccc(C(C)(C)C)cc1)c1ccc(C(C)(C)C)cc1. The fourth-order valence-corrected chi connectivity index (χ4v) is 2.63. The van der Waals surface area contributed by atoms with Gasteiger partial charge in [-0.05, 0) is 46.2 Å². The van der Waals surface area contributed by atoms with E-state index in [0.29, 0.717) is 0 Å². The molecule has 2 nitrogen and oxygen atoms in total. The van der Waals surface area contributed by atoms with E-state index in [1.807, 2.05) is 7.05 Å². The first-order valence-electron chi connectivity index (χ1n) is 8.31. The van der Waals surface area contributed by atoms with E-state index in [4.69, 9.17) is 0 Å². The molecule has 0 heterocycles. The van der Waals surface area contributed by atoms with Crippen LogP contribution in [0.2, 0.25) is 0 Å². The molecule has 0 saturated carbocycles. The summed E-state index contributed by atoms with van der Waals surface area (Å²) in [7, 11) is 1.95. The Bertz CT molecular complexity index is 568. The van der Waals surface area contributed by atoms with Gasteiger partial charge in [0.25, 0.3) is 0 Å². The van der Waals surface area contributed by atoms with E-state index in [9.17, 15) is 0 Å². The van der Waals surface area contributed by atoms with Crippen LogP contribution in [-0.2, 0) is 10.8 Å². The predicted octanol–water partition coefficient (Wildman–Crippen LogP) is 5.55. The molecule has 0 aliphatic carbocycles. The molecule has 124 valence electrons. The Balaban J connectivity index is 2.29. The summed E-state index contributed by atoms with van der Waals surface area (Å²) in [6, 6.07) is 17.5. The van der Waals surface area contributed by atoms with Gasteiger partial charge in [0, 0.05) is 7.05 Å². The lowest BCUT2D eigenvalue weighted by Crippen LogP contribution is -2.30. The van der Waals surface area contributed by atoms with E-state index in [2.05, 4.69) is 101 Å². The molecule has 0 atom stereocenters. The van der Waals surface area contributed by atoms with Crippen LogP contribution in [0.5, 0.6) is 0 Å². The van der Waals surface area contributed by atoms with Crippen molar-refractivity contribution in [3.8, 4) is 0 Å². The summed E-state index contributed by atoms with van der Waals surface area (Å²) in [4.78, 5) is 0. The molecule has 0 unspecified atom stereocenters. The molecule has 2 heteroatoms. The normalized spacial score (nSPS) is 12.3. The van der Waals surface area contributed by atoms with Gasteiger partial charge in [0.1, 0.15) is 0 Å². The van der Waals surface area contributed by atoms with Crippen LogP contribution in [0.4, 0.5) is 11.4 Å². The second-order valence-electron chi connectivity index (χ2n) is 8.15. The summed E-state index contributed by atoms with van der Waals surface area (Å²) in [6.45, 7) is 13.4. The van der Waals surface area contributed by atoms with Gasteiger partial charge in [-0.3, -0.25) is 5.01 Å². The fourth-order valence-electron chi connectivity index (χ4n) is 2.63. The molecule has 0 amide bonds. The second-order valence-corrected chi connectivity index (χ2v) is 8.15. The van der Waals surface area contributed by atoms with Crippen molar-refractivity contribution in [1.82, 2.24) is 5.43 Å². The van der Waals surface area contributed by atoms with Crippen LogP contribution in [0.3, 0.4) is 0 Å². The monoisotopic (exact) mass is 310 g/mol. The molecule has 1 N–H and O–H groups in total. The third kappa shape index (κ3) is 4.14. The van der Waals surface area contributed by atoms with Crippen molar-refractivity contribution in [1.29, 1.82) is 0 Å². The minimum absolute atomic E-state index is 0.178. The van der Waals surface area contributed by atoms with E-state index in [1.165, 1.54) is 11.1 Å². The van der Waals surface area contributed by atoms with Crippen LogP contribution in [0.1, 0.15) is 52.7 Å². The Labute approximate surface area is 141 Å². The minimum atomic E-state index is 0.178. The predicted molar refractivity (Wildman–Crippen MR) is 101 cm³/mol. The van der Waals surface area contributed by atoms with Crippen molar-refractivity contribution in [3.63, 3.8) is 0 Å². The molecule has 2 aromatic rings. The molecule has 2 aromatic carbocycles. The van der Waals surface area contributed by atoms with E-state index in [1.54, 1.807) is 0 Å². The van der Waals surface area contributed by atoms with Crippen LogP contribution < -0.4 is 10.4 Å². The zero-order valence-electron chi connectivity index (χ0n) is 15.6. The smallest absolute Gasteiger partial charge is 0.0577 e. The minimum Gasteiger partial charge on any atom is -0.277 e. The number of nitrogens with one attached hydrogen (secondary N) is 1. The van der Waals surface area contributed by atoms with Gasteiger partial charge in [-0.2, -0.15) is 0 Å². The van der Waals surface area contributed by atoms with Crippen molar-refractivity contribution in [3.05, 3.63) is 59.7 Å². The van der Waals surface area contributed by atoms with Crippen molar-refractivity contribution < 1.29 is 0 Å². The van der Waals surface area contributed by atoms with Crippen molar-refractivity contribution >= 4 is 11.4 Å². The summed E-state index contributed by atoms with van der Waals surface area (Å²) in [5, 5.41) is 2.11. The average molecular weight is 310 g/mol. The summed E-state index contributed by atoms with van der Waals surface area (Å²) >= 11 is 0. The highest BCUT2D eigenvalue weighted by Crippen LogP contribution is 2.29. The largest absolute Gasteiger partial charge is 0.277 e.